The number of rotatable bonds is 7. The largest absolute Gasteiger partial charge is 0.352 e. The molecule has 0 saturated carbocycles. The number of thiophene rings is 1. The molecule has 8 heteroatoms. The number of likely N-dealkylation sites (N-methyl/N-ethyl adjacent to an activating group) is 1. The van der Waals surface area contributed by atoms with Gasteiger partial charge in [-0.2, -0.15) is 5.10 Å². The minimum atomic E-state index is 0. The van der Waals surface area contributed by atoms with E-state index in [-0.39, 0.29) is 24.0 Å². The fourth-order valence-corrected chi connectivity index (χ4v) is 3.44. The molecule has 144 valence electrons. The number of hydrogen-bond donors (Lipinski definition) is 1. The Bertz CT molecular complexity index is 817. The van der Waals surface area contributed by atoms with E-state index >= 15 is 0 Å². The van der Waals surface area contributed by atoms with Crippen molar-refractivity contribution < 1.29 is 0 Å². The number of hydrogen-bond acceptors (Lipinski definition) is 4. The van der Waals surface area contributed by atoms with Crippen molar-refractivity contribution in [1.29, 1.82) is 0 Å². The molecule has 0 spiro atoms. The van der Waals surface area contributed by atoms with E-state index in [2.05, 4.69) is 74.1 Å². The maximum Gasteiger partial charge on any atom is 0.193 e. The number of nitrogens with one attached hydrogen (secondary N) is 1. The van der Waals surface area contributed by atoms with Crippen molar-refractivity contribution in [3.05, 3.63) is 70.4 Å². The molecule has 2 aromatic heterocycles. The summed E-state index contributed by atoms with van der Waals surface area (Å²) >= 11 is 1.80. The highest BCUT2D eigenvalue weighted by molar-refractivity contribution is 14.0. The minimum Gasteiger partial charge on any atom is -0.352 e. The third-order valence-corrected chi connectivity index (χ3v) is 5.04. The Morgan fingerprint density at radius 1 is 1.26 bits per heavy atom. The van der Waals surface area contributed by atoms with Crippen molar-refractivity contribution in [2.24, 2.45) is 4.99 Å². The van der Waals surface area contributed by atoms with Crippen LogP contribution >= 0.6 is 35.3 Å². The second-order valence-electron chi connectivity index (χ2n) is 6.06. The summed E-state index contributed by atoms with van der Waals surface area (Å²) in [7, 11) is 3.90. The lowest BCUT2D eigenvalue weighted by Crippen LogP contribution is -2.39. The van der Waals surface area contributed by atoms with Crippen molar-refractivity contribution in [2.45, 2.75) is 19.5 Å². The molecule has 0 saturated heterocycles. The van der Waals surface area contributed by atoms with Gasteiger partial charge in [0.1, 0.15) is 12.7 Å². The van der Waals surface area contributed by atoms with Crippen LogP contribution in [0.2, 0.25) is 0 Å². The van der Waals surface area contributed by atoms with Crippen LogP contribution in [-0.4, -0.2) is 46.3 Å². The predicted molar refractivity (Wildman–Crippen MR) is 122 cm³/mol. The van der Waals surface area contributed by atoms with Crippen molar-refractivity contribution in [2.75, 3.05) is 20.6 Å². The molecule has 0 radical (unpaired) electrons. The van der Waals surface area contributed by atoms with Gasteiger partial charge in [0.2, 0.25) is 0 Å². The Morgan fingerprint density at radius 2 is 2.11 bits per heavy atom. The highest BCUT2D eigenvalue weighted by atomic mass is 127. The van der Waals surface area contributed by atoms with Crippen LogP contribution in [0.5, 0.6) is 0 Å². The van der Waals surface area contributed by atoms with E-state index in [1.807, 2.05) is 11.7 Å². The first-order valence-electron chi connectivity index (χ1n) is 8.59. The van der Waals surface area contributed by atoms with Gasteiger partial charge in [-0.3, -0.25) is 4.99 Å². The van der Waals surface area contributed by atoms with Crippen molar-refractivity contribution in [1.82, 2.24) is 25.0 Å². The zero-order valence-corrected chi connectivity index (χ0v) is 18.7. The van der Waals surface area contributed by atoms with Gasteiger partial charge in [-0.05, 0) is 29.0 Å². The third-order valence-electron chi connectivity index (χ3n) is 4.10. The molecule has 0 aliphatic heterocycles. The molecule has 1 N–H and O–H groups in total. The first-order valence-corrected chi connectivity index (χ1v) is 9.47. The van der Waals surface area contributed by atoms with Crippen molar-refractivity contribution >= 4 is 41.3 Å². The van der Waals surface area contributed by atoms with Crippen LogP contribution in [-0.2, 0) is 19.5 Å². The molecule has 3 rings (SSSR count). The van der Waals surface area contributed by atoms with Gasteiger partial charge in [-0.25, -0.2) is 9.67 Å². The first kappa shape index (κ1) is 21.4. The standard InChI is InChI=1S/C19H24N6S.HI/c1-20-19(24(2)9-8-18-7-4-10-26-18)22-12-16-5-3-6-17(11-16)13-25-15-21-14-23-25;/h3-7,10-11,14-15H,8-9,12-13H2,1-2H3,(H,20,22);1H. The number of aliphatic imine (C=N–C) groups is 1. The van der Waals surface area contributed by atoms with Crippen LogP contribution < -0.4 is 5.32 Å². The second kappa shape index (κ2) is 11.0. The van der Waals surface area contributed by atoms with Gasteiger partial charge in [0.25, 0.3) is 0 Å². The molecule has 0 aliphatic carbocycles. The molecule has 0 amide bonds. The maximum atomic E-state index is 4.40. The fraction of sp³-hybridized carbons (Fsp3) is 0.316. The van der Waals surface area contributed by atoms with Crippen LogP contribution in [0.1, 0.15) is 16.0 Å². The molecule has 3 aromatic rings. The quantitative estimate of drug-likeness (QED) is 0.310. The average Bonchev–Trinajstić information content (AvgIpc) is 3.35. The smallest absolute Gasteiger partial charge is 0.193 e. The number of benzene rings is 1. The summed E-state index contributed by atoms with van der Waals surface area (Å²) in [6, 6.07) is 12.8. The minimum absolute atomic E-state index is 0. The van der Waals surface area contributed by atoms with Gasteiger partial charge >= 0.3 is 0 Å². The van der Waals surface area contributed by atoms with E-state index in [0.717, 1.165) is 32.0 Å². The summed E-state index contributed by atoms with van der Waals surface area (Å²) in [6.45, 7) is 2.40. The molecule has 27 heavy (non-hydrogen) atoms. The number of guanidine groups is 1. The lowest BCUT2D eigenvalue weighted by molar-refractivity contribution is 0.486. The topological polar surface area (TPSA) is 58.3 Å². The lowest BCUT2D eigenvalue weighted by atomic mass is 10.1. The monoisotopic (exact) mass is 496 g/mol. The van der Waals surface area contributed by atoms with Gasteiger partial charge in [0.05, 0.1) is 6.54 Å². The molecule has 0 fully saturated rings. The Kier molecular flexibility index (Phi) is 8.73. The predicted octanol–water partition coefficient (Wildman–Crippen LogP) is 3.26. The van der Waals surface area contributed by atoms with Gasteiger partial charge < -0.3 is 10.2 Å². The van der Waals surface area contributed by atoms with Crippen LogP contribution in [0.4, 0.5) is 0 Å². The Hall–Kier alpha value is -1.94. The van der Waals surface area contributed by atoms with E-state index in [1.165, 1.54) is 16.0 Å². The zero-order valence-electron chi connectivity index (χ0n) is 15.6. The first-order chi connectivity index (χ1) is 12.7. The normalized spacial score (nSPS) is 11.1. The maximum absolute atomic E-state index is 4.40. The zero-order chi connectivity index (χ0) is 18.2. The number of halogens is 1. The van der Waals surface area contributed by atoms with Crippen LogP contribution in [0.25, 0.3) is 0 Å². The average molecular weight is 496 g/mol. The molecule has 0 aliphatic rings. The van der Waals surface area contributed by atoms with Gasteiger partial charge in [-0.15, -0.1) is 35.3 Å². The Morgan fingerprint density at radius 3 is 2.81 bits per heavy atom. The molecule has 0 atom stereocenters. The Labute approximate surface area is 181 Å². The summed E-state index contributed by atoms with van der Waals surface area (Å²) in [5.74, 6) is 0.906. The summed E-state index contributed by atoms with van der Waals surface area (Å²) in [6.07, 6.45) is 4.32. The van der Waals surface area contributed by atoms with Gasteiger partial charge in [0.15, 0.2) is 5.96 Å². The number of nitrogens with zero attached hydrogens (tertiary/aromatic N) is 5. The SMILES string of the molecule is CN=C(NCc1cccc(Cn2cncn2)c1)N(C)CCc1cccs1.I. The molecule has 0 unspecified atom stereocenters. The van der Waals surface area contributed by atoms with Gasteiger partial charge in [-0.1, -0.05) is 30.3 Å². The molecular formula is C19H25IN6S. The summed E-state index contributed by atoms with van der Waals surface area (Å²) in [5.41, 5.74) is 2.42. The van der Waals surface area contributed by atoms with Crippen LogP contribution in [0, 0.1) is 0 Å². The lowest BCUT2D eigenvalue weighted by Gasteiger charge is -2.22. The summed E-state index contributed by atoms with van der Waals surface area (Å²) in [4.78, 5) is 11.9. The summed E-state index contributed by atoms with van der Waals surface area (Å²) in [5, 5.41) is 9.72. The second-order valence-corrected chi connectivity index (χ2v) is 7.10. The van der Waals surface area contributed by atoms with E-state index in [4.69, 9.17) is 0 Å². The highest BCUT2D eigenvalue weighted by Gasteiger charge is 2.07. The van der Waals surface area contributed by atoms with E-state index in [0.29, 0.717) is 0 Å². The molecule has 1 aromatic carbocycles. The molecular weight excluding hydrogens is 471 g/mol. The van der Waals surface area contributed by atoms with Gasteiger partial charge in [0, 0.05) is 32.1 Å². The fourth-order valence-electron chi connectivity index (χ4n) is 2.74. The molecule has 6 nitrogen and oxygen atoms in total. The van der Waals surface area contributed by atoms with E-state index in [9.17, 15) is 0 Å². The third kappa shape index (κ3) is 6.62. The molecule has 0 bridgehead atoms. The number of aromatic nitrogens is 3. The van der Waals surface area contributed by atoms with E-state index in [1.54, 1.807) is 24.0 Å². The van der Waals surface area contributed by atoms with Crippen molar-refractivity contribution in [3.8, 4) is 0 Å². The summed E-state index contributed by atoms with van der Waals surface area (Å²) < 4.78 is 1.82. The van der Waals surface area contributed by atoms with Crippen LogP contribution in [0.15, 0.2) is 59.4 Å². The molecule has 2 heterocycles. The van der Waals surface area contributed by atoms with Crippen LogP contribution in [0.3, 0.4) is 0 Å². The Balaban J connectivity index is 0.00000261. The van der Waals surface area contributed by atoms with Crippen molar-refractivity contribution in [3.63, 3.8) is 0 Å². The highest BCUT2D eigenvalue weighted by Crippen LogP contribution is 2.10. The van der Waals surface area contributed by atoms with E-state index < -0.39 is 0 Å².